The number of piperidine rings is 1. The zero-order chi connectivity index (χ0) is 37.7. The number of aromatic nitrogens is 2. The molecule has 1 saturated heterocycles. The van der Waals surface area contributed by atoms with E-state index in [-0.39, 0.29) is 11.9 Å². The van der Waals surface area contributed by atoms with Crippen LogP contribution in [-0.2, 0) is 13.0 Å². The summed E-state index contributed by atoms with van der Waals surface area (Å²) >= 11 is 0. The van der Waals surface area contributed by atoms with Gasteiger partial charge in [0.15, 0.2) is 0 Å². The molecule has 1 aliphatic carbocycles. The van der Waals surface area contributed by atoms with E-state index in [0.29, 0.717) is 11.6 Å². The fourth-order valence-corrected chi connectivity index (χ4v) is 8.06. The van der Waals surface area contributed by atoms with Crippen LogP contribution in [0.5, 0.6) is 0 Å². The first-order valence-electron chi connectivity index (χ1n) is 19.9. The molecule has 286 valence electrons. The van der Waals surface area contributed by atoms with Gasteiger partial charge >= 0.3 is 0 Å². The summed E-state index contributed by atoms with van der Waals surface area (Å²) in [6, 6.07) is 6.86. The number of benzene rings is 1. The second-order valence-electron chi connectivity index (χ2n) is 15.0. The normalized spacial score (nSPS) is 17.1. The van der Waals surface area contributed by atoms with Gasteiger partial charge in [0.05, 0.1) is 23.6 Å². The highest BCUT2D eigenvalue weighted by atomic mass is 15.4. The summed E-state index contributed by atoms with van der Waals surface area (Å²) in [5, 5.41) is 7.94. The monoisotopic (exact) mass is 720 g/mol. The molecule has 9 heteroatoms. The number of nitrogens with two attached hydrogens (primary N) is 3. The Bertz CT molecular complexity index is 1680. The molecule has 3 aliphatic rings. The zero-order valence-electron chi connectivity index (χ0n) is 32.5. The molecule has 7 N–H and O–H groups in total. The lowest BCUT2D eigenvalue weighted by Crippen LogP contribution is -2.39. The van der Waals surface area contributed by atoms with E-state index in [1.165, 1.54) is 87.9 Å². The molecule has 3 heterocycles. The van der Waals surface area contributed by atoms with Crippen LogP contribution in [0.2, 0.25) is 0 Å². The third-order valence-electron chi connectivity index (χ3n) is 11.2. The van der Waals surface area contributed by atoms with E-state index in [4.69, 9.17) is 17.2 Å². The Kier molecular flexibility index (Phi) is 14.5. The summed E-state index contributed by atoms with van der Waals surface area (Å²) in [6.07, 6.45) is 29.2. The maximum atomic E-state index is 6.39. The lowest BCUT2D eigenvalue weighted by molar-refractivity contribution is 0.168. The van der Waals surface area contributed by atoms with E-state index < -0.39 is 0 Å². The number of nitrogens with zero attached hydrogens (tertiary/aromatic N) is 5. The number of para-hydroxylation sites is 1. The summed E-state index contributed by atoms with van der Waals surface area (Å²) in [7, 11) is 4.10. The molecular weight excluding hydrogens is 655 g/mol. The molecule has 1 aromatic heterocycles. The molecule has 9 nitrogen and oxygen atoms in total. The van der Waals surface area contributed by atoms with Gasteiger partial charge in [-0.05, 0) is 107 Å². The molecule has 1 atom stereocenters. The molecule has 1 aromatic carbocycles. The Labute approximate surface area is 319 Å². The minimum Gasteiger partial charge on any atom is -0.398 e. The highest BCUT2D eigenvalue weighted by molar-refractivity contribution is 5.85. The number of likely N-dealkylation sites (tertiary alicyclic amines) is 1. The van der Waals surface area contributed by atoms with Crippen molar-refractivity contribution in [3.05, 3.63) is 120 Å². The van der Waals surface area contributed by atoms with Crippen LogP contribution in [0.25, 0.3) is 5.57 Å². The second-order valence-corrected chi connectivity index (χ2v) is 15.0. The topological polar surface area (TPSA) is 118 Å². The zero-order valence-corrected chi connectivity index (χ0v) is 32.5. The molecule has 0 saturated carbocycles. The van der Waals surface area contributed by atoms with Crippen LogP contribution >= 0.6 is 0 Å². The van der Waals surface area contributed by atoms with Crippen molar-refractivity contribution < 1.29 is 0 Å². The van der Waals surface area contributed by atoms with Crippen molar-refractivity contribution in [1.29, 1.82) is 0 Å². The smallest absolute Gasteiger partial charge is 0.106 e. The van der Waals surface area contributed by atoms with E-state index in [2.05, 4.69) is 94.5 Å². The molecule has 2 aromatic rings. The number of likely N-dealkylation sites (N-methyl/N-ethyl adjacent to an activating group) is 1. The second kappa shape index (κ2) is 19.4. The molecule has 0 spiro atoms. The van der Waals surface area contributed by atoms with Crippen molar-refractivity contribution in [3.63, 3.8) is 0 Å². The van der Waals surface area contributed by atoms with Crippen molar-refractivity contribution in [2.75, 3.05) is 43.5 Å². The highest BCUT2D eigenvalue weighted by Crippen LogP contribution is 2.45. The Balaban J connectivity index is 0.987. The number of anilines is 2. The van der Waals surface area contributed by atoms with Gasteiger partial charge in [-0.15, -0.1) is 6.58 Å². The van der Waals surface area contributed by atoms with Crippen LogP contribution in [-0.4, -0.2) is 54.5 Å². The molecule has 2 aliphatic heterocycles. The van der Waals surface area contributed by atoms with E-state index >= 15 is 0 Å². The average molecular weight is 720 g/mol. The van der Waals surface area contributed by atoms with Crippen LogP contribution in [0.1, 0.15) is 88.2 Å². The molecular formula is C44H65N9. The number of hydrogen-bond acceptors (Lipinski definition) is 8. The minimum atomic E-state index is 0.136. The van der Waals surface area contributed by atoms with Gasteiger partial charge in [0.1, 0.15) is 11.6 Å². The van der Waals surface area contributed by atoms with Crippen LogP contribution in [0, 0.1) is 5.92 Å². The van der Waals surface area contributed by atoms with Crippen LogP contribution in [0.4, 0.5) is 11.4 Å². The highest BCUT2D eigenvalue weighted by Gasteiger charge is 2.35. The molecule has 5 rings (SSSR count). The third kappa shape index (κ3) is 10.3. The van der Waals surface area contributed by atoms with Gasteiger partial charge in [0, 0.05) is 49.4 Å². The predicted molar refractivity (Wildman–Crippen MR) is 225 cm³/mol. The van der Waals surface area contributed by atoms with Crippen molar-refractivity contribution in [2.45, 2.75) is 96.1 Å². The van der Waals surface area contributed by atoms with Crippen LogP contribution in [0.3, 0.4) is 0 Å². The van der Waals surface area contributed by atoms with Gasteiger partial charge in [-0.3, -0.25) is 4.68 Å². The predicted octanol–water partition coefficient (Wildman–Crippen LogP) is 7.68. The van der Waals surface area contributed by atoms with E-state index in [9.17, 15) is 0 Å². The van der Waals surface area contributed by atoms with Crippen LogP contribution < -0.4 is 32.3 Å². The maximum Gasteiger partial charge on any atom is 0.106 e. The number of unbranched alkanes of at least 4 members (excludes halogenated alkanes) is 5. The molecule has 0 radical (unpaired) electrons. The summed E-state index contributed by atoms with van der Waals surface area (Å²) in [6.45, 7) is 17.2. The summed E-state index contributed by atoms with van der Waals surface area (Å²) < 4.78 is 2.04. The molecule has 1 fully saturated rings. The van der Waals surface area contributed by atoms with Crippen molar-refractivity contribution >= 4 is 16.9 Å². The standard InChI is InChI=1S/C44H65N9/c1-6-7-22-41(33(2)48-4)53-34(3)50(5)43-37(21-17-23-42(43)53)20-13-10-8-9-11-16-26-51-27-24-35(25-28-51)31-52-32-38(30-49-52)39(44(46)47)29-40(45)36-18-14-12-15-19-36/h6,14,17-19,21,23,29-30,32,35,41,48H,1-3,7-13,15-16,20,22,24-28,31,45-47H2,4-5H3/b40-29-. The number of rotatable bonds is 20. The number of fused-ring (bicyclic) bond motifs is 1. The van der Waals surface area contributed by atoms with Gasteiger partial charge in [-0.25, -0.2) is 0 Å². The number of allylic oxidation sites excluding steroid dienone is 6. The number of aryl methyl sites for hydroxylation is 1. The van der Waals surface area contributed by atoms with Gasteiger partial charge in [-0.1, -0.05) is 75.3 Å². The SMILES string of the molecule is C=CCCC(C(=C)NC)N1C(=C)N(C)c2c(CCCCCCCCN3CCC(Cn4cc(C(/C=C(\N)C5=CCCC=C5)=C(N)N)cn4)CC3)cccc21. The Morgan fingerprint density at radius 1 is 1.06 bits per heavy atom. The molecule has 0 amide bonds. The number of nitrogens with one attached hydrogen (secondary N) is 1. The summed E-state index contributed by atoms with van der Waals surface area (Å²) in [4.78, 5) is 7.28. The minimum absolute atomic E-state index is 0.136. The largest absolute Gasteiger partial charge is 0.398 e. The van der Waals surface area contributed by atoms with Crippen molar-refractivity contribution in [2.24, 2.45) is 23.1 Å². The van der Waals surface area contributed by atoms with E-state index in [1.807, 2.05) is 30.1 Å². The number of hydrogen-bond donors (Lipinski definition) is 4. The fourth-order valence-electron chi connectivity index (χ4n) is 8.06. The van der Waals surface area contributed by atoms with E-state index in [1.54, 1.807) is 0 Å². The third-order valence-corrected chi connectivity index (χ3v) is 11.2. The maximum absolute atomic E-state index is 6.39. The summed E-state index contributed by atoms with van der Waals surface area (Å²) in [5.74, 6) is 1.89. The summed E-state index contributed by atoms with van der Waals surface area (Å²) in [5.41, 5.74) is 26.8. The lowest BCUT2D eigenvalue weighted by atomic mass is 9.96. The van der Waals surface area contributed by atoms with Gasteiger partial charge in [0.25, 0.3) is 0 Å². The molecule has 1 unspecified atom stereocenters. The first-order chi connectivity index (χ1) is 25.7. The average Bonchev–Trinajstić information content (AvgIpc) is 3.73. The first kappa shape index (κ1) is 39.6. The first-order valence-corrected chi connectivity index (χ1v) is 19.9. The van der Waals surface area contributed by atoms with Crippen molar-refractivity contribution in [1.82, 2.24) is 20.0 Å². The van der Waals surface area contributed by atoms with Gasteiger partial charge in [-0.2, -0.15) is 5.10 Å². The quantitative estimate of drug-likeness (QED) is 0.0626. The van der Waals surface area contributed by atoms with Gasteiger partial charge < -0.3 is 37.2 Å². The van der Waals surface area contributed by atoms with Crippen molar-refractivity contribution in [3.8, 4) is 0 Å². The lowest BCUT2D eigenvalue weighted by Gasteiger charge is -2.32. The Hall–Kier alpha value is -4.63. The Morgan fingerprint density at radius 3 is 2.51 bits per heavy atom. The van der Waals surface area contributed by atoms with Gasteiger partial charge in [0.2, 0.25) is 0 Å². The fraction of sp³-hybridized carbons (Fsp3) is 0.477. The Morgan fingerprint density at radius 2 is 1.81 bits per heavy atom. The van der Waals surface area contributed by atoms with E-state index in [0.717, 1.165) is 66.9 Å². The molecule has 0 bridgehead atoms. The van der Waals surface area contributed by atoms with Crippen LogP contribution in [0.15, 0.2) is 109 Å². The molecule has 53 heavy (non-hydrogen) atoms.